The zero-order valence-electron chi connectivity index (χ0n) is 17.1. The van der Waals surface area contributed by atoms with Gasteiger partial charge in [0, 0.05) is 45.2 Å². The van der Waals surface area contributed by atoms with Gasteiger partial charge in [-0.05, 0) is 32.3 Å². The summed E-state index contributed by atoms with van der Waals surface area (Å²) in [5, 5.41) is 6.59. The zero-order valence-corrected chi connectivity index (χ0v) is 17.1. The second-order valence-corrected chi connectivity index (χ2v) is 6.49. The summed E-state index contributed by atoms with van der Waals surface area (Å²) in [6, 6.07) is 3.86. The molecule has 1 aliphatic rings. The number of hydrogen-bond acceptors (Lipinski definition) is 6. The van der Waals surface area contributed by atoms with Gasteiger partial charge >= 0.3 is 0 Å². The van der Waals surface area contributed by atoms with Gasteiger partial charge in [-0.15, -0.1) is 0 Å². The highest BCUT2D eigenvalue weighted by atomic mass is 16.5. The van der Waals surface area contributed by atoms with Crippen molar-refractivity contribution in [1.82, 2.24) is 15.6 Å². The molecule has 1 atom stereocenters. The van der Waals surface area contributed by atoms with E-state index in [1.807, 2.05) is 19.1 Å². The molecule has 1 aromatic rings. The number of aromatic nitrogens is 1. The third-order valence-electron chi connectivity index (χ3n) is 4.21. The molecule has 8 heteroatoms. The fraction of sp³-hybridized carbons (Fsp3) is 0.700. The molecule has 0 amide bonds. The number of pyridine rings is 1. The van der Waals surface area contributed by atoms with Crippen molar-refractivity contribution in [3.8, 4) is 5.88 Å². The van der Waals surface area contributed by atoms with Crippen molar-refractivity contribution in [1.29, 1.82) is 0 Å². The number of nitrogens with zero attached hydrogens (tertiary/aromatic N) is 2. The van der Waals surface area contributed by atoms with E-state index >= 15 is 0 Å². The highest BCUT2D eigenvalue weighted by Gasteiger charge is 2.14. The van der Waals surface area contributed by atoms with Gasteiger partial charge in [-0.25, -0.2) is 9.98 Å². The average Bonchev–Trinajstić information content (AvgIpc) is 3.23. The van der Waals surface area contributed by atoms with E-state index in [0.29, 0.717) is 38.9 Å². The number of methoxy groups -OCH3 is 1. The van der Waals surface area contributed by atoms with Gasteiger partial charge in [0.1, 0.15) is 6.61 Å². The number of nitrogens with one attached hydrogen (secondary N) is 2. The number of ether oxygens (including phenoxy) is 4. The van der Waals surface area contributed by atoms with E-state index in [4.69, 9.17) is 18.9 Å². The third kappa shape index (κ3) is 8.86. The van der Waals surface area contributed by atoms with Gasteiger partial charge in [0.15, 0.2) is 5.96 Å². The first kappa shape index (κ1) is 22.4. The van der Waals surface area contributed by atoms with Crippen molar-refractivity contribution < 1.29 is 18.9 Å². The number of rotatable bonds is 13. The third-order valence-corrected chi connectivity index (χ3v) is 4.21. The second kappa shape index (κ2) is 14.1. The number of aliphatic imine (C=N–C) groups is 1. The molecule has 1 fully saturated rings. The minimum absolute atomic E-state index is 0.284. The van der Waals surface area contributed by atoms with Crippen LogP contribution in [0.4, 0.5) is 0 Å². The first-order valence-corrected chi connectivity index (χ1v) is 10.1. The van der Waals surface area contributed by atoms with Gasteiger partial charge in [-0.3, -0.25) is 0 Å². The molecule has 0 aliphatic carbocycles. The Morgan fingerprint density at radius 1 is 1.32 bits per heavy atom. The standard InChI is InChI=1S/C20H34N4O4/c1-3-21-20(23-10-6-11-26-16-18-8-5-12-27-18)24-15-17-7-4-9-22-19(17)28-14-13-25-2/h4,7,9,18H,3,5-6,8,10-16H2,1-2H3,(H2,21,23,24). The highest BCUT2D eigenvalue weighted by Crippen LogP contribution is 2.15. The Morgan fingerprint density at radius 3 is 3.04 bits per heavy atom. The average molecular weight is 395 g/mol. The first-order chi connectivity index (χ1) is 13.8. The van der Waals surface area contributed by atoms with Crippen molar-refractivity contribution in [3.05, 3.63) is 23.9 Å². The van der Waals surface area contributed by atoms with Gasteiger partial charge in [-0.2, -0.15) is 0 Å². The first-order valence-electron chi connectivity index (χ1n) is 10.1. The van der Waals surface area contributed by atoms with Crippen molar-refractivity contribution in [3.63, 3.8) is 0 Å². The Balaban J connectivity index is 1.72. The topological polar surface area (TPSA) is 86.2 Å². The quantitative estimate of drug-likeness (QED) is 0.299. The fourth-order valence-electron chi connectivity index (χ4n) is 2.77. The summed E-state index contributed by atoms with van der Waals surface area (Å²) in [6.07, 6.45) is 5.17. The molecule has 2 rings (SSSR count). The summed E-state index contributed by atoms with van der Waals surface area (Å²) in [6.45, 7) is 7.40. The predicted octanol–water partition coefficient (Wildman–Crippen LogP) is 1.75. The fourth-order valence-corrected chi connectivity index (χ4v) is 2.77. The van der Waals surface area contributed by atoms with Crippen LogP contribution in [0.25, 0.3) is 0 Å². The van der Waals surface area contributed by atoms with Gasteiger partial charge in [-0.1, -0.05) is 6.07 Å². The van der Waals surface area contributed by atoms with E-state index in [1.165, 1.54) is 0 Å². The molecule has 1 saturated heterocycles. The summed E-state index contributed by atoms with van der Waals surface area (Å²) >= 11 is 0. The number of hydrogen-bond donors (Lipinski definition) is 2. The van der Waals surface area contributed by atoms with Crippen molar-refractivity contribution in [2.75, 3.05) is 53.2 Å². The molecule has 28 heavy (non-hydrogen) atoms. The lowest BCUT2D eigenvalue weighted by molar-refractivity contribution is 0.0168. The van der Waals surface area contributed by atoms with E-state index in [-0.39, 0.29) is 6.10 Å². The van der Waals surface area contributed by atoms with Crippen molar-refractivity contribution in [2.45, 2.75) is 38.8 Å². The molecule has 2 heterocycles. The minimum Gasteiger partial charge on any atom is -0.475 e. The maximum atomic E-state index is 5.69. The van der Waals surface area contributed by atoms with Gasteiger partial charge in [0.2, 0.25) is 5.88 Å². The summed E-state index contributed by atoms with van der Waals surface area (Å²) < 4.78 is 21.9. The lowest BCUT2D eigenvalue weighted by Crippen LogP contribution is -2.38. The summed E-state index contributed by atoms with van der Waals surface area (Å²) in [7, 11) is 1.65. The molecule has 158 valence electrons. The van der Waals surface area contributed by atoms with Crippen LogP contribution < -0.4 is 15.4 Å². The lowest BCUT2D eigenvalue weighted by Gasteiger charge is -2.13. The molecule has 0 spiro atoms. The molecule has 8 nitrogen and oxygen atoms in total. The molecule has 0 bridgehead atoms. The Labute approximate surface area is 168 Å². The van der Waals surface area contributed by atoms with Crippen LogP contribution in [0.1, 0.15) is 31.7 Å². The normalized spacial score (nSPS) is 16.9. The Bertz CT molecular complexity index is 565. The second-order valence-electron chi connectivity index (χ2n) is 6.49. The monoisotopic (exact) mass is 394 g/mol. The molecule has 2 N–H and O–H groups in total. The van der Waals surface area contributed by atoms with Crippen LogP contribution in [-0.4, -0.2) is 70.3 Å². The smallest absolute Gasteiger partial charge is 0.218 e. The van der Waals surface area contributed by atoms with Gasteiger partial charge in [0.25, 0.3) is 0 Å². The molecule has 0 radical (unpaired) electrons. The molecule has 0 saturated carbocycles. The van der Waals surface area contributed by atoms with E-state index in [1.54, 1.807) is 13.3 Å². The van der Waals surface area contributed by atoms with Gasteiger partial charge < -0.3 is 29.6 Å². The van der Waals surface area contributed by atoms with Crippen molar-refractivity contribution >= 4 is 5.96 Å². The van der Waals surface area contributed by atoms with Crippen LogP contribution in [0, 0.1) is 0 Å². The van der Waals surface area contributed by atoms with Crippen LogP contribution in [0.2, 0.25) is 0 Å². The zero-order chi connectivity index (χ0) is 19.9. The molecular weight excluding hydrogens is 360 g/mol. The Hall–Kier alpha value is -1.90. The Kier molecular flexibility index (Phi) is 11.3. The van der Waals surface area contributed by atoms with Crippen LogP contribution in [0.5, 0.6) is 5.88 Å². The van der Waals surface area contributed by atoms with Crippen LogP contribution in [0.15, 0.2) is 23.3 Å². The Morgan fingerprint density at radius 2 is 2.25 bits per heavy atom. The lowest BCUT2D eigenvalue weighted by atomic mass is 10.2. The molecular formula is C20H34N4O4. The highest BCUT2D eigenvalue weighted by molar-refractivity contribution is 5.79. The van der Waals surface area contributed by atoms with Crippen LogP contribution >= 0.6 is 0 Å². The summed E-state index contributed by atoms with van der Waals surface area (Å²) in [5.41, 5.74) is 0.940. The maximum Gasteiger partial charge on any atom is 0.218 e. The van der Waals surface area contributed by atoms with E-state index in [0.717, 1.165) is 50.5 Å². The van der Waals surface area contributed by atoms with Crippen LogP contribution in [-0.2, 0) is 20.8 Å². The largest absolute Gasteiger partial charge is 0.475 e. The molecule has 1 aromatic heterocycles. The summed E-state index contributed by atoms with van der Waals surface area (Å²) in [5.74, 6) is 1.37. The van der Waals surface area contributed by atoms with E-state index in [2.05, 4.69) is 20.6 Å². The van der Waals surface area contributed by atoms with E-state index in [9.17, 15) is 0 Å². The predicted molar refractivity (Wildman–Crippen MR) is 109 cm³/mol. The molecule has 0 aromatic carbocycles. The molecule has 1 aliphatic heterocycles. The molecule has 1 unspecified atom stereocenters. The maximum absolute atomic E-state index is 5.69. The van der Waals surface area contributed by atoms with Crippen LogP contribution in [0.3, 0.4) is 0 Å². The van der Waals surface area contributed by atoms with E-state index < -0.39 is 0 Å². The number of guanidine groups is 1. The SMILES string of the molecule is CCNC(=NCc1cccnc1OCCOC)NCCCOCC1CCCO1. The summed E-state index contributed by atoms with van der Waals surface area (Å²) in [4.78, 5) is 8.92. The minimum atomic E-state index is 0.284. The van der Waals surface area contributed by atoms with Crippen molar-refractivity contribution in [2.24, 2.45) is 4.99 Å². The van der Waals surface area contributed by atoms with Gasteiger partial charge in [0.05, 0.1) is 25.9 Å².